The van der Waals surface area contributed by atoms with Gasteiger partial charge in [-0.3, -0.25) is 0 Å². The van der Waals surface area contributed by atoms with Crippen molar-refractivity contribution in [2.24, 2.45) is 5.92 Å². The zero-order valence-electron chi connectivity index (χ0n) is 3.73. The zero-order valence-corrected chi connectivity index (χ0v) is 4.55. The van der Waals surface area contributed by atoms with Crippen LogP contribution in [0.25, 0.3) is 0 Å². The molecule has 0 radical (unpaired) electrons. The summed E-state index contributed by atoms with van der Waals surface area (Å²) in [5.41, 5.74) is 0. The van der Waals surface area contributed by atoms with Gasteiger partial charge in [-0.2, -0.15) is 11.8 Å². The quantitative estimate of drug-likeness (QED) is 0.511. The highest BCUT2D eigenvalue weighted by molar-refractivity contribution is 8.00. The Morgan fingerprint density at radius 2 is 2.00 bits per heavy atom. The second-order valence-corrected chi connectivity index (χ2v) is 2.71. The van der Waals surface area contributed by atoms with Crippen LogP contribution in [0.15, 0.2) is 0 Å². The van der Waals surface area contributed by atoms with E-state index in [2.05, 4.69) is 0 Å². The van der Waals surface area contributed by atoms with E-state index in [0.29, 0.717) is 11.5 Å². The summed E-state index contributed by atoms with van der Waals surface area (Å²) in [7, 11) is 0. The molecule has 0 spiro atoms. The molecule has 1 aliphatic rings. The first kappa shape index (κ1) is 5.35. The molecule has 1 saturated heterocycles. The summed E-state index contributed by atoms with van der Waals surface area (Å²) in [5, 5.41) is 0. The highest BCUT2D eigenvalue weighted by atomic mass is 32.2. The van der Waals surface area contributed by atoms with Crippen LogP contribution < -0.4 is 0 Å². The maximum atomic E-state index is 11.5. The van der Waals surface area contributed by atoms with Crippen molar-refractivity contribution in [1.29, 1.82) is 0 Å². The molecule has 0 atom stereocenters. The summed E-state index contributed by atoms with van der Waals surface area (Å²) in [5.74, 6) is 1.04. The predicted octanol–water partition coefficient (Wildman–Crippen LogP) is 1.61. The Balaban J connectivity index is 2.14. The minimum Gasteiger partial charge on any atom is -0.210 e. The summed E-state index contributed by atoms with van der Waals surface area (Å²) in [6, 6.07) is 0. The third-order valence-electron chi connectivity index (χ3n) is 1.02. The molecule has 0 bridgehead atoms. The predicted molar refractivity (Wildman–Crippen MR) is 26.8 cm³/mol. The highest BCUT2D eigenvalue weighted by Crippen LogP contribution is 2.29. The maximum Gasteiger partial charge on any atom is 0.243 e. The van der Waals surface area contributed by atoms with Crippen molar-refractivity contribution in [2.45, 2.75) is 6.43 Å². The molecular formula is C4H6F2S. The zero-order chi connectivity index (χ0) is 5.28. The molecule has 0 N–H and O–H groups in total. The van der Waals surface area contributed by atoms with E-state index in [9.17, 15) is 8.78 Å². The lowest BCUT2D eigenvalue weighted by atomic mass is 10.2. The lowest BCUT2D eigenvalue weighted by Crippen LogP contribution is -2.25. The van der Waals surface area contributed by atoms with Crippen LogP contribution in [0, 0.1) is 5.92 Å². The number of rotatable bonds is 1. The molecule has 0 aromatic rings. The van der Waals surface area contributed by atoms with Crippen LogP contribution in [0.4, 0.5) is 8.78 Å². The second kappa shape index (κ2) is 1.99. The van der Waals surface area contributed by atoms with Crippen molar-refractivity contribution >= 4 is 11.8 Å². The van der Waals surface area contributed by atoms with Gasteiger partial charge < -0.3 is 0 Å². The SMILES string of the molecule is FC(F)C1CSC1. The Bertz CT molecular complexity index is 60.7. The molecule has 0 aliphatic carbocycles. The molecule has 1 aliphatic heterocycles. The summed E-state index contributed by atoms with van der Waals surface area (Å²) in [4.78, 5) is 0. The number of hydrogen-bond acceptors (Lipinski definition) is 1. The number of hydrogen-bond donors (Lipinski definition) is 0. The molecule has 0 saturated carbocycles. The molecule has 0 nitrogen and oxygen atoms in total. The molecule has 1 heterocycles. The summed E-state index contributed by atoms with van der Waals surface area (Å²) >= 11 is 1.59. The van der Waals surface area contributed by atoms with Crippen molar-refractivity contribution in [3.8, 4) is 0 Å². The van der Waals surface area contributed by atoms with Crippen LogP contribution in [0.1, 0.15) is 0 Å². The molecule has 0 aromatic carbocycles. The van der Waals surface area contributed by atoms with E-state index in [1.807, 2.05) is 0 Å². The van der Waals surface area contributed by atoms with Crippen LogP contribution in [0.5, 0.6) is 0 Å². The van der Waals surface area contributed by atoms with Crippen LogP contribution in [-0.2, 0) is 0 Å². The molecular weight excluding hydrogens is 118 g/mol. The fraction of sp³-hybridized carbons (Fsp3) is 1.00. The van der Waals surface area contributed by atoms with Gasteiger partial charge in [0.15, 0.2) is 0 Å². The number of thioether (sulfide) groups is 1. The van der Waals surface area contributed by atoms with E-state index >= 15 is 0 Å². The van der Waals surface area contributed by atoms with Crippen LogP contribution in [0.2, 0.25) is 0 Å². The highest BCUT2D eigenvalue weighted by Gasteiger charge is 2.26. The third kappa shape index (κ3) is 1.06. The monoisotopic (exact) mass is 124 g/mol. The normalized spacial score (nSPS) is 22.7. The average Bonchev–Trinajstić information content (AvgIpc) is 1.23. The fourth-order valence-corrected chi connectivity index (χ4v) is 1.20. The topological polar surface area (TPSA) is 0 Å². The van der Waals surface area contributed by atoms with Gasteiger partial charge >= 0.3 is 0 Å². The summed E-state index contributed by atoms with van der Waals surface area (Å²) < 4.78 is 22.9. The van der Waals surface area contributed by atoms with Gasteiger partial charge in [0.05, 0.1) is 0 Å². The van der Waals surface area contributed by atoms with Crippen molar-refractivity contribution in [2.75, 3.05) is 11.5 Å². The summed E-state index contributed by atoms with van der Waals surface area (Å²) in [6.07, 6.45) is -2.07. The van der Waals surface area contributed by atoms with E-state index in [1.165, 1.54) is 0 Å². The first-order valence-corrected chi connectivity index (χ1v) is 3.32. The Morgan fingerprint density at radius 3 is 2.00 bits per heavy atom. The molecule has 7 heavy (non-hydrogen) atoms. The van der Waals surface area contributed by atoms with Gasteiger partial charge in [-0.25, -0.2) is 8.78 Å². The average molecular weight is 124 g/mol. The fourth-order valence-electron chi connectivity index (χ4n) is 0.399. The third-order valence-corrected chi connectivity index (χ3v) is 2.35. The maximum absolute atomic E-state index is 11.5. The molecule has 1 fully saturated rings. The molecule has 0 amide bonds. The molecule has 1 rings (SSSR count). The largest absolute Gasteiger partial charge is 0.243 e. The van der Waals surface area contributed by atoms with E-state index in [0.717, 1.165) is 0 Å². The smallest absolute Gasteiger partial charge is 0.210 e. The summed E-state index contributed by atoms with van der Waals surface area (Å²) in [6.45, 7) is 0. The second-order valence-electron chi connectivity index (χ2n) is 1.63. The van der Waals surface area contributed by atoms with Gasteiger partial charge in [0.2, 0.25) is 6.43 Å². The first-order chi connectivity index (χ1) is 3.30. The van der Waals surface area contributed by atoms with Gasteiger partial charge in [0.25, 0.3) is 0 Å². The minimum atomic E-state index is -2.07. The van der Waals surface area contributed by atoms with Gasteiger partial charge in [-0.15, -0.1) is 0 Å². The lowest BCUT2D eigenvalue weighted by molar-refractivity contribution is 0.0949. The first-order valence-electron chi connectivity index (χ1n) is 2.16. The van der Waals surface area contributed by atoms with Gasteiger partial charge in [-0.05, 0) is 0 Å². The number of halogens is 2. The van der Waals surface area contributed by atoms with Gasteiger partial charge in [0.1, 0.15) is 0 Å². The Labute approximate surface area is 45.3 Å². The van der Waals surface area contributed by atoms with Crippen LogP contribution in [0.3, 0.4) is 0 Å². The number of alkyl halides is 2. The van der Waals surface area contributed by atoms with E-state index in [-0.39, 0.29) is 5.92 Å². The van der Waals surface area contributed by atoms with Gasteiger partial charge in [0, 0.05) is 17.4 Å². The van der Waals surface area contributed by atoms with Crippen molar-refractivity contribution < 1.29 is 8.78 Å². The minimum absolute atomic E-state index is 0.287. The molecule has 3 heteroatoms. The molecule has 42 valence electrons. The van der Waals surface area contributed by atoms with Crippen molar-refractivity contribution in [3.05, 3.63) is 0 Å². The van der Waals surface area contributed by atoms with Crippen LogP contribution in [-0.4, -0.2) is 17.9 Å². The van der Waals surface area contributed by atoms with Crippen molar-refractivity contribution in [3.63, 3.8) is 0 Å². The van der Waals surface area contributed by atoms with E-state index in [1.54, 1.807) is 11.8 Å². The Morgan fingerprint density at radius 1 is 1.43 bits per heavy atom. The standard InChI is InChI=1S/C4H6F2S/c5-4(6)3-1-7-2-3/h3-4H,1-2H2. The van der Waals surface area contributed by atoms with Gasteiger partial charge in [-0.1, -0.05) is 0 Å². The van der Waals surface area contributed by atoms with Crippen LogP contribution >= 0.6 is 11.8 Å². The van der Waals surface area contributed by atoms with E-state index < -0.39 is 6.43 Å². The Kier molecular flexibility index (Phi) is 1.52. The van der Waals surface area contributed by atoms with Crippen molar-refractivity contribution in [1.82, 2.24) is 0 Å². The van der Waals surface area contributed by atoms with E-state index in [4.69, 9.17) is 0 Å². The lowest BCUT2D eigenvalue weighted by Gasteiger charge is -2.23. The molecule has 0 unspecified atom stereocenters. The molecule has 0 aromatic heterocycles. The Hall–Kier alpha value is 0.210.